The molecule has 1 aromatic rings. The van der Waals surface area contributed by atoms with Gasteiger partial charge < -0.3 is 9.80 Å². The van der Waals surface area contributed by atoms with Crippen LogP contribution in [0.1, 0.15) is 41.6 Å². The molecule has 0 spiro atoms. The van der Waals surface area contributed by atoms with Gasteiger partial charge in [0.25, 0.3) is 5.91 Å². The Morgan fingerprint density at radius 3 is 2.09 bits per heavy atom. The number of amides is 2. The van der Waals surface area contributed by atoms with Gasteiger partial charge in [-0.1, -0.05) is 12.8 Å². The minimum Gasteiger partial charge on any atom is -0.339 e. The molecule has 0 radical (unpaired) electrons. The van der Waals surface area contributed by atoms with Crippen LogP contribution in [0.5, 0.6) is 0 Å². The molecule has 1 aromatic carbocycles. The summed E-state index contributed by atoms with van der Waals surface area (Å²) in [5, 5.41) is 8.80. The Labute approximate surface area is 136 Å². The van der Waals surface area contributed by atoms with Crippen molar-refractivity contribution in [2.24, 2.45) is 5.92 Å². The van der Waals surface area contributed by atoms with E-state index in [9.17, 15) is 9.59 Å². The Balaban J connectivity index is 1.56. The lowest BCUT2D eigenvalue weighted by Crippen LogP contribution is -2.51. The summed E-state index contributed by atoms with van der Waals surface area (Å²) < 4.78 is 0. The van der Waals surface area contributed by atoms with E-state index in [1.54, 1.807) is 29.2 Å². The summed E-state index contributed by atoms with van der Waals surface area (Å²) in [6.07, 6.45) is 4.35. The molecule has 23 heavy (non-hydrogen) atoms. The SMILES string of the molecule is N#Cc1ccc(C(=O)N2CCN(C(=O)C3CCCC3)CC2)cc1. The van der Waals surface area contributed by atoms with Gasteiger partial charge in [0, 0.05) is 37.7 Å². The van der Waals surface area contributed by atoms with Crippen molar-refractivity contribution in [2.75, 3.05) is 26.2 Å². The van der Waals surface area contributed by atoms with E-state index in [-0.39, 0.29) is 17.7 Å². The summed E-state index contributed by atoms with van der Waals surface area (Å²) in [6.45, 7) is 2.41. The summed E-state index contributed by atoms with van der Waals surface area (Å²) in [4.78, 5) is 28.6. The van der Waals surface area contributed by atoms with Crippen LogP contribution in [0.4, 0.5) is 0 Å². The van der Waals surface area contributed by atoms with Crippen LogP contribution in [0.25, 0.3) is 0 Å². The van der Waals surface area contributed by atoms with Crippen LogP contribution in [0, 0.1) is 17.2 Å². The highest BCUT2D eigenvalue weighted by molar-refractivity contribution is 5.94. The first-order valence-electron chi connectivity index (χ1n) is 8.27. The lowest BCUT2D eigenvalue weighted by atomic mass is 10.1. The zero-order valence-electron chi connectivity index (χ0n) is 13.2. The second-order valence-corrected chi connectivity index (χ2v) is 6.29. The van der Waals surface area contributed by atoms with Crippen LogP contribution in [-0.2, 0) is 4.79 Å². The molecule has 0 aromatic heterocycles. The van der Waals surface area contributed by atoms with E-state index < -0.39 is 0 Å². The number of piperazine rings is 1. The molecule has 1 aliphatic heterocycles. The predicted molar refractivity (Wildman–Crippen MR) is 85.6 cm³/mol. The monoisotopic (exact) mass is 311 g/mol. The molecular formula is C18H21N3O2. The number of nitriles is 1. The van der Waals surface area contributed by atoms with E-state index in [1.807, 2.05) is 11.0 Å². The molecule has 0 atom stereocenters. The van der Waals surface area contributed by atoms with Crippen molar-refractivity contribution >= 4 is 11.8 Å². The van der Waals surface area contributed by atoms with E-state index in [4.69, 9.17) is 5.26 Å². The van der Waals surface area contributed by atoms with Gasteiger partial charge in [-0.2, -0.15) is 5.26 Å². The highest BCUT2D eigenvalue weighted by atomic mass is 16.2. The zero-order valence-corrected chi connectivity index (χ0v) is 13.2. The number of benzene rings is 1. The maximum Gasteiger partial charge on any atom is 0.253 e. The summed E-state index contributed by atoms with van der Waals surface area (Å²) in [6, 6.07) is 8.75. The second kappa shape index (κ2) is 6.82. The van der Waals surface area contributed by atoms with Gasteiger partial charge in [0.1, 0.15) is 0 Å². The van der Waals surface area contributed by atoms with Crippen molar-refractivity contribution in [1.29, 1.82) is 5.26 Å². The molecule has 0 N–H and O–H groups in total. The van der Waals surface area contributed by atoms with Gasteiger partial charge in [0.2, 0.25) is 5.91 Å². The smallest absolute Gasteiger partial charge is 0.253 e. The van der Waals surface area contributed by atoms with Gasteiger partial charge in [-0.15, -0.1) is 0 Å². The number of hydrogen-bond acceptors (Lipinski definition) is 3. The molecule has 1 saturated heterocycles. The summed E-state index contributed by atoms with van der Waals surface area (Å²) in [5.74, 6) is 0.450. The first-order chi connectivity index (χ1) is 11.2. The molecule has 0 bridgehead atoms. The van der Waals surface area contributed by atoms with Crippen molar-refractivity contribution in [3.63, 3.8) is 0 Å². The van der Waals surface area contributed by atoms with Gasteiger partial charge in [0.05, 0.1) is 11.6 Å². The number of carbonyl (C=O) groups is 2. The first-order valence-corrected chi connectivity index (χ1v) is 8.27. The summed E-state index contributed by atoms with van der Waals surface area (Å²) in [7, 11) is 0. The maximum absolute atomic E-state index is 12.5. The average molecular weight is 311 g/mol. The van der Waals surface area contributed by atoms with Crippen molar-refractivity contribution in [3.05, 3.63) is 35.4 Å². The van der Waals surface area contributed by atoms with Crippen molar-refractivity contribution in [1.82, 2.24) is 9.80 Å². The van der Waals surface area contributed by atoms with Crippen LogP contribution in [0.2, 0.25) is 0 Å². The fourth-order valence-electron chi connectivity index (χ4n) is 3.43. The van der Waals surface area contributed by atoms with E-state index in [1.165, 1.54) is 0 Å². The summed E-state index contributed by atoms with van der Waals surface area (Å²) >= 11 is 0. The highest BCUT2D eigenvalue weighted by Crippen LogP contribution is 2.27. The Morgan fingerprint density at radius 1 is 0.957 bits per heavy atom. The van der Waals surface area contributed by atoms with Crippen LogP contribution >= 0.6 is 0 Å². The number of carbonyl (C=O) groups excluding carboxylic acids is 2. The highest BCUT2D eigenvalue weighted by Gasteiger charge is 2.30. The van der Waals surface area contributed by atoms with E-state index in [0.29, 0.717) is 37.3 Å². The summed E-state index contributed by atoms with van der Waals surface area (Å²) in [5.41, 5.74) is 1.15. The van der Waals surface area contributed by atoms with Gasteiger partial charge >= 0.3 is 0 Å². The van der Waals surface area contributed by atoms with Crippen molar-refractivity contribution in [2.45, 2.75) is 25.7 Å². The molecule has 120 valence electrons. The standard InChI is InChI=1S/C18H21N3O2/c19-13-14-5-7-16(8-6-14)18(23)21-11-9-20(10-12-21)17(22)15-3-1-2-4-15/h5-8,15H,1-4,9-12H2. The lowest BCUT2D eigenvalue weighted by molar-refractivity contribution is -0.136. The van der Waals surface area contributed by atoms with Gasteiger partial charge in [0.15, 0.2) is 0 Å². The Hall–Kier alpha value is -2.35. The van der Waals surface area contributed by atoms with Crippen LogP contribution < -0.4 is 0 Å². The van der Waals surface area contributed by atoms with Crippen LogP contribution in [-0.4, -0.2) is 47.8 Å². The molecule has 2 amide bonds. The molecule has 1 saturated carbocycles. The molecule has 2 aliphatic rings. The molecule has 5 heteroatoms. The molecule has 1 heterocycles. The number of nitrogens with zero attached hydrogens (tertiary/aromatic N) is 3. The zero-order chi connectivity index (χ0) is 16.2. The predicted octanol–water partition coefficient (Wildman–Crippen LogP) is 2.03. The molecule has 1 aliphatic carbocycles. The fraction of sp³-hybridized carbons (Fsp3) is 0.500. The second-order valence-electron chi connectivity index (χ2n) is 6.29. The molecule has 3 rings (SSSR count). The minimum atomic E-state index is -0.0255. The van der Waals surface area contributed by atoms with Gasteiger partial charge in [-0.3, -0.25) is 9.59 Å². The average Bonchev–Trinajstić information content (AvgIpc) is 3.15. The van der Waals surface area contributed by atoms with Crippen LogP contribution in [0.3, 0.4) is 0 Å². The Bertz CT molecular complexity index is 619. The molecule has 5 nitrogen and oxygen atoms in total. The molecule has 2 fully saturated rings. The normalized spacial score (nSPS) is 18.7. The van der Waals surface area contributed by atoms with Gasteiger partial charge in [-0.05, 0) is 37.1 Å². The third kappa shape index (κ3) is 3.37. The first kappa shape index (κ1) is 15.5. The lowest BCUT2D eigenvalue weighted by Gasteiger charge is -2.36. The van der Waals surface area contributed by atoms with Crippen molar-refractivity contribution < 1.29 is 9.59 Å². The van der Waals surface area contributed by atoms with Crippen molar-refractivity contribution in [3.8, 4) is 6.07 Å². The molecule has 0 unspecified atom stereocenters. The third-order valence-corrected chi connectivity index (χ3v) is 4.84. The topological polar surface area (TPSA) is 64.4 Å². The van der Waals surface area contributed by atoms with Crippen LogP contribution in [0.15, 0.2) is 24.3 Å². The van der Waals surface area contributed by atoms with E-state index in [0.717, 1.165) is 25.7 Å². The minimum absolute atomic E-state index is 0.0255. The quantitative estimate of drug-likeness (QED) is 0.839. The number of rotatable bonds is 2. The molecular weight excluding hydrogens is 290 g/mol. The maximum atomic E-state index is 12.5. The largest absolute Gasteiger partial charge is 0.339 e. The van der Waals surface area contributed by atoms with Gasteiger partial charge in [-0.25, -0.2) is 0 Å². The Morgan fingerprint density at radius 2 is 1.52 bits per heavy atom. The van der Waals surface area contributed by atoms with E-state index >= 15 is 0 Å². The van der Waals surface area contributed by atoms with E-state index in [2.05, 4.69) is 0 Å². The fourth-order valence-corrected chi connectivity index (χ4v) is 3.43. The third-order valence-electron chi connectivity index (χ3n) is 4.84. The Kier molecular flexibility index (Phi) is 4.61. The number of hydrogen-bond donors (Lipinski definition) is 0.